The second kappa shape index (κ2) is 9.92. The summed E-state index contributed by atoms with van der Waals surface area (Å²) in [4.78, 5) is 14.6. The number of aliphatic imine (C=N–C) groups is 1. The molecular formula is C23H34N6. The van der Waals surface area contributed by atoms with Crippen LogP contribution >= 0.6 is 0 Å². The normalized spacial score (nSPS) is 20.5. The fourth-order valence-corrected chi connectivity index (χ4v) is 4.49. The highest BCUT2D eigenvalue weighted by Gasteiger charge is 2.27. The summed E-state index contributed by atoms with van der Waals surface area (Å²) in [6.45, 7) is 10.5. The van der Waals surface area contributed by atoms with Crippen molar-refractivity contribution in [2.24, 2.45) is 10.9 Å². The van der Waals surface area contributed by atoms with Crippen LogP contribution in [-0.4, -0.2) is 64.6 Å². The second-order valence-electron chi connectivity index (χ2n) is 8.24. The summed E-state index contributed by atoms with van der Waals surface area (Å²) in [5.74, 6) is 2.81. The maximum atomic E-state index is 4.94. The largest absolute Gasteiger partial charge is 0.357 e. The Morgan fingerprint density at radius 1 is 1.17 bits per heavy atom. The van der Waals surface area contributed by atoms with Crippen LogP contribution < -0.4 is 5.32 Å². The van der Waals surface area contributed by atoms with Crippen LogP contribution in [0.15, 0.2) is 47.7 Å². The van der Waals surface area contributed by atoms with E-state index in [1.807, 2.05) is 12.4 Å². The number of nitrogens with zero attached hydrogens (tertiary/aromatic N) is 5. The van der Waals surface area contributed by atoms with E-state index in [0.717, 1.165) is 43.9 Å². The van der Waals surface area contributed by atoms with Crippen molar-refractivity contribution >= 4 is 5.96 Å². The van der Waals surface area contributed by atoms with Gasteiger partial charge in [0, 0.05) is 45.1 Å². The smallest absolute Gasteiger partial charge is 0.194 e. The van der Waals surface area contributed by atoms with Gasteiger partial charge in [-0.25, -0.2) is 9.98 Å². The molecule has 0 saturated carbocycles. The molecule has 0 bridgehead atoms. The van der Waals surface area contributed by atoms with Crippen molar-refractivity contribution in [1.29, 1.82) is 0 Å². The predicted octanol–water partition coefficient (Wildman–Crippen LogP) is 2.81. The second-order valence-corrected chi connectivity index (χ2v) is 8.24. The summed E-state index contributed by atoms with van der Waals surface area (Å²) in [7, 11) is 0. The van der Waals surface area contributed by atoms with Gasteiger partial charge in [0.05, 0.1) is 0 Å². The Labute approximate surface area is 174 Å². The number of hydrogen-bond acceptors (Lipinski definition) is 3. The molecule has 2 aromatic rings. The fourth-order valence-electron chi connectivity index (χ4n) is 4.49. The quantitative estimate of drug-likeness (QED) is 0.580. The molecule has 1 aromatic heterocycles. The summed E-state index contributed by atoms with van der Waals surface area (Å²) in [6.07, 6.45) is 7.94. The molecule has 29 heavy (non-hydrogen) atoms. The van der Waals surface area contributed by atoms with E-state index in [-0.39, 0.29) is 0 Å². The minimum absolute atomic E-state index is 0.607. The van der Waals surface area contributed by atoms with Crippen LogP contribution in [0.3, 0.4) is 0 Å². The molecule has 2 aliphatic heterocycles. The van der Waals surface area contributed by atoms with E-state index in [0.29, 0.717) is 6.54 Å². The van der Waals surface area contributed by atoms with Crippen molar-refractivity contribution in [3.63, 3.8) is 0 Å². The SMILES string of the molecule is CCNC(=NCc1nccn1Cc1ccccc1)N1CCC(CN2CCCC2)C1. The molecule has 0 spiro atoms. The predicted molar refractivity (Wildman–Crippen MR) is 118 cm³/mol. The lowest BCUT2D eigenvalue weighted by molar-refractivity contribution is 0.281. The lowest BCUT2D eigenvalue weighted by atomic mass is 10.1. The molecule has 2 saturated heterocycles. The molecule has 3 heterocycles. The highest BCUT2D eigenvalue weighted by molar-refractivity contribution is 5.80. The van der Waals surface area contributed by atoms with Gasteiger partial charge in [-0.2, -0.15) is 0 Å². The van der Waals surface area contributed by atoms with Crippen molar-refractivity contribution in [2.75, 3.05) is 39.3 Å². The van der Waals surface area contributed by atoms with Gasteiger partial charge in [0.25, 0.3) is 0 Å². The molecule has 156 valence electrons. The molecule has 1 unspecified atom stereocenters. The van der Waals surface area contributed by atoms with Gasteiger partial charge in [0.15, 0.2) is 5.96 Å². The minimum Gasteiger partial charge on any atom is -0.357 e. The summed E-state index contributed by atoms with van der Waals surface area (Å²) in [5.41, 5.74) is 1.28. The van der Waals surface area contributed by atoms with Crippen molar-refractivity contribution in [3.05, 3.63) is 54.1 Å². The van der Waals surface area contributed by atoms with Crippen molar-refractivity contribution in [2.45, 2.75) is 39.3 Å². The Hall–Kier alpha value is -2.34. The third-order valence-corrected chi connectivity index (χ3v) is 6.00. The average Bonchev–Trinajstić information content (AvgIpc) is 3.50. The number of imidazole rings is 1. The first-order chi connectivity index (χ1) is 14.3. The van der Waals surface area contributed by atoms with E-state index >= 15 is 0 Å². The maximum absolute atomic E-state index is 4.94. The van der Waals surface area contributed by atoms with Crippen LogP contribution in [0.1, 0.15) is 37.6 Å². The van der Waals surface area contributed by atoms with E-state index in [4.69, 9.17) is 4.99 Å². The monoisotopic (exact) mass is 394 g/mol. The Morgan fingerprint density at radius 3 is 2.79 bits per heavy atom. The minimum atomic E-state index is 0.607. The Balaban J connectivity index is 1.37. The Morgan fingerprint density at radius 2 is 2.00 bits per heavy atom. The van der Waals surface area contributed by atoms with Gasteiger partial charge < -0.3 is 19.7 Å². The van der Waals surface area contributed by atoms with E-state index < -0.39 is 0 Å². The topological polar surface area (TPSA) is 48.7 Å². The maximum Gasteiger partial charge on any atom is 0.194 e. The Kier molecular flexibility index (Phi) is 6.83. The zero-order chi connectivity index (χ0) is 19.9. The molecule has 4 rings (SSSR count). The van der Waals surface area contributed by atoms with Crippen molar-refractivity contribution < 1.29 is 0 Å². The standard InChI is InChI=1S/C23H34N6/c1-2-24-23(29-14-10-21(19-29)17-27-12-6-7-13-27)26-16-22-25-11-15-28(22)18-20-8-4-3-5-9-20/h3-5,8-9,11,15,21H,2,6-7,10,12-14,16-19H2,1H3,(H,24,26). The third-order valence-electron chi connectivity index (χ3n) is 6.00. The summed E-state index contributed by atoms with van der Waals surface area (Å²) < 4.78 is 2.20. The molecular weight excluding hydrogens is 360 g/mol. The van der Waals surface area contributed by atoms with E-state index in [1.54, 1.807) is 0 Å². The highest BCUT2D eigenvalue weighted by Crippen LogP contribution is 2.20. The number of rotatable bonds is 7. The van der Waals surface area contributed by atoms with Crippen LogP contribution in [0.5, 0.6) is 0 Å². The zero-order valence-electron chi connectivity index (χ0n) is 17.6. The molecule has 6 heteroatoms. The van der Waals surface area contributed by atoms with Crippen LogP contribution in [0.25, 0.3) is 0 Å². The van der Waals surface area contributed by atoms with Gasteiger partial charge in [-0.1, -0.05) is 30.3 Å². The zero-order valence-corrected chi connectivity index (χ0v) is 17.6. The van der Waals surface area contributed by atoms with Crippen LogP contribution in [0.2, 0.25) is 0 Å². The molecule has 1 N–H and O–H groups in total. The molecule has 2 fully saturated rings. The van der Waals surface area contributed by atoms with Crippen LogP contribution in [0, 0.1) is 5.92 Å². The van der Waals surface area contributed by atoms with Crippen LogP contribution in [0.4, 0.5) is 0 Å². The van der Waals surface area contributed by atoms with E-state index in [2.05, 4.69) is 61.9 Å². The van der Waals surface area contributed by atoms with Crippen LogP contribution in [-0.2, 0) is 13.1 Å². The molecule has 1 aromatic carbocycles. The first-order valence-corrected chi connectivity index (χ1v) is 11.1. The molecule has 0 amide bonds. The van der Waals surface area contributed by atoms with Gasteiger partial charge in [-0.05, 0) is 50.8 Å². The Bertz CT molecular complexity index is 778. The van der Waals surface area contributed by atoms with E-state index in [1.165, 1.54) is 44.5 Å². The summed E-state index contributed by atoms with van der Waals surface area (Å²) >= 11 is 0. The molecule has 0 aliphatic carbocycles. The first-order valence-electron chi connectivity index (χ1n) is 11.1. The van der Waals surface area contributed by atoms with Gasteiger partial charge in [0.1, 0.15) is 12.4 Å². The summed E-state index contributed by atoms with van der Waals surface area (Å²) in [6, 6.07) is 10.5. The number of hydrogen-bond donors (Lipinski definition) is 1. The lowest BCUT2D eigenvalue weighted by Crippen LogP contribution is -2.40. The van der Waals surface area contributed by atoms with Crippen molar-refractivity contribution in [1.82, 2.24) is 24.7 Å². The number of guanidine groups is 1. The number of benzene rings is 1. The third kappa shape index (κ3) is 5.38. The molecule has 0 radical (unpaired) electrons. The highest BCUT2D eigenvalue weighted by atomic mass is 15.3. The number of aromatic nitrogens is 2. The molecule has 2 aliphatic rings. The van der Waals surface area contributed by atoms with Gasteiger partial charge >= 0.3 is 0 Å². The molecule has 1 atom stereocenters. The molecule has 6 nitrogen and oxygen atoms in total. The number of likely N-dealkylation sites (tertiary alicyclic amines) is 2. The van der Waals surface area contributed by atoms with E-state index in [9.17, 15) is 0 Å². The summed E-state index contributed by atoms with van der Waals surface area (Å²) in [5, 5.41) is 3.50. The number of nitrogens with one attached hydrogen (secondary N) is 1. The van der Waals surface area contributed by atoms with Gasteiger partial charge in [-0.15, -0.1) is 0 Å². The fraction of sp³-hybridized carbons (Fsp3) is 0.565. The average molecular weight is 395 g/mol. The van der Waals surface area contributed by atoms with Gasteiger partial charge in [-0.3, -0.25) is 0 Å². The van der Waals surface area contributed by atoms with Gasteiger partial charge in [0.2, 0.25) is 0 Å². The first kappa shape index (κ1) is 20.0. The lowest BCUT2D eigenvalue weighted by Gasteiger charge is -2.23. The van der Waals surface area contributed by atoms with Crippen molar-refractivity contribution in [3.8, 4) is 0 Å².